The van der Waals surface area contributed by atoms with Gasteiger partial charge in [-0.2, -0.15) is 0 Å². The molecule has 0 heterocycles. The quantitative estimate of drug-likeness (QED) is 0.814. The molecule has 0 amide bonds. The van der Waals surface area contributed by atoms with Crippen LogP contribution in [0.5, 0.6) is 0 Å². The van der Waals surface area contributed by atoms with E-state index in [1.807, 2.05) is 0 Å². The average Bonchev–Trinajstić information content (AvgIpc) is 2.29. The van der Waals surface area contributed by atoms with Gasteiger partial charge in [0.15, 0.2) is 9.84 Å². The summed E-state index contributed by atoms with van der Waals surface area (Å²) in [6.45, 7) is 3.34. The summed E-state index contributed by atoms with van der Waals surface area (Å²) >= 11 is 1.05. The molecular formula is C12H16O4S2. The molecule has 0 saturated carbocycles. The summed E-state index contributed by atoms with van der Waals surface area (Å²) in [4.78, 5) is 11.5. The van der Waals surface area contributed by atoms with Crippen molar-refractivity contribution in [1.29, 1.82) is 0 Å². The molecule has 100 valence electrons. The zero-order chi connectivity index (χ0) is 13.8. The van der Waals surface area contributed by atoms with Crippen molar-refractivity contribution in [2.75, 3.05) is 5.75 Å². The standard InChI is InChI=1S/C12H16O4S2/c1-3-8-18(15,16)11-7-5-4-6-10(11)17-9(2)12(13)14/h4-7,9H,3,8H2,1-2H3,(H,13,14). The van der Waals surface area contributed by atoms with E-state index in [1.54, 1.807) is 25.1 Å². The molecule has 0 fully saturated rings. The van der Waals surface area contributed by atoms with Crippen molar-refractivity contribution in [1.82, 2.24) is 0 Å². The van der Waals surface area contributed by atoms with Crippen molar-refractivity contribution >= 4 is 27.6 Å². The number of sulfone groups is 1. The first-order valence-corrected chi connectivity index (χ1v) is 8.13. The minimum atomic E-state index is -3.33. The van der Waals surface area contributed by atoms with Gasteiger partial charge in [-0.05, 0) is 25.5 Å². The molecule has 0 aliphatic rings. The summed E-state index contributed by atoms with van der Waals surface area (Å²) < 4.78 is 24.1. The van der Waals surface area contributed by atoms with Crippen molar-refractivity contribution < 1.29 is 18.3 Å². The molecule has 0 saturated heterocycles. The van der Waals surface area contributed by atoms with E-state index in [2.05, 4.69) is 0 Å². The largest absolute Gasteiger partial charge is 0.480 e. The predicted molar refractivity (Wildman–Crippen MR) is 71.7 cm³/mol. The fourth-order valence-electron chi connectivity index (χ4n) is 1.42. The lowest BCUT2D eigenvalue weighted by Crippen LogP contribution is -2.13. The van der Waals surface area contributed by atoms with E-state index in [4.69, 9.17) is 5.11 Å². The first-order valence-electron chi connectivity index (χ1n) is 5.59. The van der Waals surface area contributed by atoms with Gasteiger partial charge in [-0.3, -0.25) is 4.79 Å². The van der Waals surface area contributed by atoms with E-state index in [-0.39, 0.29) is 10.6 Å². The van der Waals surface area contributed by atoms with Gasteiger partial charge in [0.2, 0.25) is 0 Å². The molecule has 1 aromatic carbocycles. The number of hydrogen-bond acceptors (Lipinski definition) is 4. The fraction of sp³-hybridized carbons (Fsp3) is 0.417. The molecule has 0 aliphatic heterocycles. The first kappa shape index (κ1) is 15.0. The van der Waals surface area contributed by atoms with Crippen LogP contribution < -0.4 is 0 Å². The summed E-state index contributed by atoms with van der Waals surface area (Å²) in [5.74, 6) is -0.880. The maximum absolute atomic E-state index is 12.0. The first-order chi connectivity index (χ1) is 8.38. The van der Waals surface area contributed by atoms with Gasteiger partial charge in [-0.25, -0.2) is 8.42 Å². The molecule has 0 spiro atoms. The number of carboxylic acids is 1. The fourth-order valence-corrected chi connectivity index (χ4v) is 4.19. The van der Waals surface area contributed by atoms with Gasteiger partial charge in [0.25, 0.3) is 0 Å². The highest BCUT2D eigenvalue weighted by Gasteiger charge is 2.21. The molecule has 0 bridgehead atoms. The van der Waals surface area contributed by atoms with Gasteiger partial charge in [0, 0.05) is 4.90 Å². The van der Waals surface area contributed by atoms with Crippen LogP contribution in [-0.2, 0) is 14.6 Å². The van der Waals surface area contributed by atoms with Crippen LogP contribution in [0.3, 0.4) is 0 Å². The van der Waals surface area contributed by atoms with E-state index in [1.165, 1.54) is 13.0 Å². The van der Waals surface area contributed by atoms with Crippen molar-refractivity contribution in [3.63, 3.8) is 0 Å². The number of benzene rings is 1. The minimum Gasteiger partial charge on any atom is -0.480 e. The Morgan fingerprint density at radius 2 is 2.00 bits per heavy atom. The zero-order valence-corrected chi connectivity index (χ0v) is 11.9. The number of hydrogen-bond donors (Lipinski definition) is 1. The van der Waals surface area contributed by atoms with Crippen LogP contribution in [0.4, 0.5) is 0 Å². The Morgan fingerprint density at radius 1 is 1.39 bits per heavy atom. The summed E-state index contributed by atoms with van der Waals surface area (Å²) in [6.07, 6.45) is 0.538. The lowest BCUT2D eigenvalue weighted by Gasteiger charge is -2.11. The Hall–Kier alpha value is -1.01. The smallest absolute Gasteiger partial charge is 0.316 e. The van der Waals surface area contributed by atoms with Crippen LogP contribution in [0, 0.1) is 0 Å². The molecule has 1 rings (SSSR count). The molecule has 1 atom stereocenters. The van der Waals surface area contributed by atoms with Crippen molar-refractivity contribution in [2.45, 2.75) is 35.3 Å². The minimum absolute atomic E-state index is 0.0754. The third-order valence-corrected chi connectivity index (χ3v) is 5.57. The molecule has 0 radical (unpaired) electrons. The van der Waals surface area contributed by atoms with Gasteiger partial charge in [-0.1, -0.05) is 19.1 Å². The molecule has 1 N–H and O–H groups in total. The van der Waals surface area contributed by atoms with Crippen molar-refractivity contribution in [3.05, 3.63) is 24.3 Å². The molecular weight excluding hydrogens is 272 g/mol. The summed E-state index contributed by atoms with van der Waals surface area (Å²) in [5.41, 5.74) is 0. The zero-order valence-electron chi connectivity index (χ0n) is 10.3. The van der Waals surface area contributed by atoms with E-state index in [0.717, 1.165) is 11.8 Å². The Labute approximate surface area is 111 Å². The number of carboxylic acid groups (broad SMARTS) is 1. The Kier molecular flexibility index (Phi) is 5.22. The lowest BCUT2D eigenvalue weighted by molar-refractivity contribution is -0.136. The van der Waals surface area contributed by atoms with Crippen molar-refractivity contribution in [3.8, 4) is 0 Å². The van der Waals surface area contributed by atoms with Gasteiger partial charge in [0.05, 0.1) is 10.6 Å². The second-order valence-electron chi connectivity index (χ2n) is 3.86. The third kappa shape index (κ3) is 3.74. The topological polar surface area (TPSA) is 71.4 Å². The summed E-state index contributed by atoms with van der Waals surface area (Å²) in [5, 5.41) is 8.19. The molecule has 18 heavy (non-hydrogen) atoms. The normalized spacial score (nSPS) is 13.2. The molecule has 6 heteroatoms. The van der Waals surface area contributed by atoms with E-state index < -0.39 is 21.1 Å². The number of aliphatic carboxylic acids is 1. The molecule has 1 unspecified atom stereocenters. The van der Waals surface area contributed by atoms with Crippen LogP contribution in [0.1, 0.15) is 20.3 Å². The molecule has 0 aromatic heterocycles. The van der Waals surface area contributed by atoms with Crippen molar-refractivity contribution in [2.24, 2.45) is 0 Å². The average molecular weight is 288 g/mol. The Balaban J connectivity index is 3.11. The molecule has 0 aliphatic carbocycles. The van der Waals surface area contributed by atoms with Crippen LogP contribution in [0.15, 0.2) is 34.1 Å². The van der Waals surface area contributed by atoms with Crippen LogP contribution in [0.25, 0.3) is 0 Å². The van der Waals surface area contributed by atoms with Gasteiger partial charge in [-0.15, -0.1) is 11.8 Å². The Bertz CT molecular complexity index is 523. The summed E-state index contributed by atoms with van der Waals surface area (Å²) in [6, 6.07) is 6.54. The summed E-state index contributed by atoms with van der Waals surface area (Å²) in [7, 11) is -3.33. The second kappa shape index (κ2) is 6.24. The third-order valence-electron chi connectivity index (χ3n) is 2.31. The van der Waals surface area contributed by atoms with E-state index in [0.29, 0.717) is 11.3 Å². The predicted octanol–water partition coefficient (Wildman–Crippen LogP) is 2.44. The highest BCUT2D eigenvalue weighted by molar-refractivity contribution is 8.01. The highest BCUT2D eigenvalue weighted by Crippen LogP contribution is 2.30. The maximum Gasteiger partial charge on any atom is 0.316 e. The van der Waals surface area contributed by atoms with Gasteiger partial charge in [0.1, 0.15) is 5.25 Å². The molecule has 1 aromatic rings. The molecule has 4 nitrogen and oxygen atoms in total. The van der Waals surface area contributed by atoms with Gasteiger partial charge < -0.3 is 5.11 Å². The van der Waals surface area contributed by atoms with Gasteiger partial charge >= 0.3 is 5.97 Å². The maximum atomic E-state index is 12.0. The van der Waals surface area contributed by atoms with E-state index >= 15 is 0 Å². The number of rotatable bonds is 6. The van der Waals surface area contributed by atoms with Crippen LogP contribution in [-0.4, -0.2) is 30.5 Å². The monoisotopic (exact) mass is 288 g/mol. The Morgan fingerprint density at radius 3 is 2.56 bits per heavy atom. The lowest BCUT2D eigenvalue weighted by atomic mass is 10.4. The number of carbonyl (C=O) groups is 1. The SMILES string of the molecule is CCCS(=O)(=O)c1ccccc1SC(C)C(=O)O. The number of thioether (sulfide) groups is 1. The van der Waals surface area contributed by atoms with Crippen LogP contribution in [0.2, 0.25) is 0 Å². The second-order valence-corrected chi connectivity index (χ2v) is 7.32. The highest BCUT2D eigenvalue weighted by atomic mass is 32.2. The van der Waals surface area contributed by atoms with E-state index in [9.17, 15) is 13.2 Å². The van der Waals surface area contributed by atoms with Crippen LogP contribution >= 0.6 is 11.8 Å².